The highest BCUT2D eigenvalue weighted by molar-refractivity contribution is 7.93. The smallest absolute Gasteiger partial charge is 0.310 e. The lowest BCUT2D eigenvalue weighted by atomic mass is 9.78. The van der Waals surface area contributed by atoms with Crippen LogP contribution in [0.5, 0.6) is 0 Å². The summed E-state index contributed by atoms with van der Waals surface area (Å²) in [7, 11) is -3.48. The number of hydrogen-bond donors (Lipinski definition) is 2. The van der Waals surface area contributed by atoms with E-state index in [4.69, 9.17) is 0 Å². The Labute approximate surface area is 209 Å². The Kier molecular flexibility index (Phi) is 7.01. The molecule has 36 heavy (non-hydrogen) atoms. The second-order valence-corrected chi connectivity index (χ2v) is 11.2. The fraction of sp³-hybridized carbons (Fsp3) is 0.409. The van der Waals surface area contributed by atoms with Gasteiger partial charge < -0.3 is 5.32 Å². The molecule has 3 aromatic rings. The number of amides is 1. The molecule has 9 nitrogen and oxygen atoms in total. The Morgan fingerprint density at radius 1 is 1.08 bits per heavy atom. The van der Waals surface area contributed by atoms with Crippen LogP contribution in [-0.2, 0) is 26.4 Å². The maximum absolute atomic E-state index is 13.3. The van der Waals surface area contributed by atoms with Crippen molar-refractivity contribution < 1.29 is 26.4 Å². The van der Waals surface area contributed by atoms with E-state index in [0.717, 1.165) is 11.3 Å². The van der Waals surface area contributed by atoms with Crippen LogP contribution >= 0.6 is 11.3 Å². The van der Waals surface area contributed by atoms with Gasteiger partial charge in [0.05, 0.1) is 34.4 Å². The van der Waals surface area contributed by atoms with Crippen molar-refractivity contribution in [2.24, 2.45) is 0 Å². The van der Waals surface area contributed by atoms with Crippen LogP contribution in [0, 0.1) is 0 Å². The molecule has 1 amide bonds. The predicted molar refractivity (Wildman–Crippen MR) is 129 cm³/mol. The first-order chi connectivity index (χ1) is 17.0. The molecule has 0 aromatic carbocycles. The highest BCUT2D eigenvalue weighted by atomic mass is 32.2. The number of anilines is 2. The highest BCUT2D eigenvalue weighted by Gasteiger charge is 2.41. The molecule has 1 aliphatic carbocycles. The summed E-state index contributed by atoms with van der Waals surface area (Å²) in [4.78, 5) is 29.1. The number of carbonyl (C=O) groups is 1. The summed E-state index contributed by atoms with van der Waals surface area (Å²) in [5.41, 5.74) is -1.41. The van der Waals surface area contributed by atoms with Crippen LogP contribution in [-0.4, -0.2) is 39.5 Å². The zero-order valence-corrected chi connectivity index (χ0v) is 21.0. The van der Waals surface area contributed by atoms with E-state index < -0.39 is 32.6 Å². The summed E-state index contributed by atoms with van der Waals surface area (Å²) in [6.07, 6.45) is 0.542. The summed E-state index contributed by atoms with van der Waals surface area (Å²) in [5.74, 6) is -0.187. The molecule has 1 saturated carbocycles. The van der Waals surface area contributed by atoms with Crippen molar-refractivity contribution in [1.82, 2.24) is 19.9 Å². The molecule has 1 aliphatic rings. The average molecular weight is 541 g/mol. The summed E-state index contributed by atoms with van der Waals surface area (Å²) in [5, 5.41) is 4.22. The zero-order valence-electron chi connectivity index (χ0n) is 19.3. The fourth-order valence-corrected chi connectivity index (χ4v) is 6.08. The minimum Gasteiger partial charge on any atom is -0.310 e. The molecule has 4 rings (SSSR count). The Hall–Kier alpha value is -3.13. The molecule has 0 aliphatic heterocycles. The van der Waals surface area contributed by atoms with E-state index >= 15 is 0 Å². The number of nitrogens with zero attached hydrogens (tertiary/aromatic N) is 4. The molecule has 3 heterocycles. The molecule has 0 radical (unpaired) electrons. The minimum atomic E-state index is -4.62. The van der Waals surface area contributed by atoms with E-state index in [9.17, 15) is 26.4 Å². The predicted octanol–water partition coefficient (Wildman–Crippen LogP) is 4.61. The van der Waals surface area contributed by atoms with Crippen molar-refractivity contribution in [3.8, 4) is 11.3 Å². The Morgan fingerprint density at radius 2 is 1.81 bits per heavy atom. The standard InChI is InChI=1S/C22H23F3N6O3S2/c1-3-21(4-2,17-12-35-20(29-17)31-36(33,34)14-6-7-14)19(32)30-18-8-5-13(9-27-18)15-10-26-11-16(28-15)22(23,24)25/h5,8-12,14H,3-4,6-7H2,1-2H3,(H,29,31)(H,27,30,32). The third kappa shape index (κ3) is 5.33. The minimum absolute atomic E-state index is 0.00434. The van der Waals surface area contributed by atoms with Gasteiger partial charge in [-0.3, -0.25) is 14.5 Å². The molecule has 1 fully saturated rings. The van der Waals surface area contributed by atoms with Gasteiger partial charge in [0.1, 0.15) is 5.82 Å². The number of pyridine rings is 1. The Bertz CT molecular complexity index is 1350. The van der Waals surface area contributed by atoms with Crippen molar-refractivity contribution in [2.45, 2.75) is 56.4 Å². The lowest BCUT2D eigenvalue weighted by molar-refractivity contribution is -0.141. The SMILES string of the molecule is CCC(CC)(C(=O)Nc1ccc(-c2cncc(C(F)(F)F)n2)cn1)c1csc(NS(=O)(=O)C2CC2)n1. The van der Waals surface area contributed by atoms with Crippen molar-refractivity contribution in [1.29, 1.82) is 0 Å². The van der Waals surface area contributed by atoms with Crippen LogP contribution < -0.4 is 10.0 Å². The lowest BCUT2D eigenvalue weighted by Crippen LogP contribution is -2.40. The van der Waals surface area contributed by atoms with Gasteiger partial charge in [-0.25, -0.2) is 23.4 Å². The van der Waals surface area contributed by atoms with Gasteiger partial charge in [-0.15, -0.1) is 11.3 Å². The van der Waals surface area contributed by atoms with Crippen LogP contribution in [0.3, 0.4) is 0 Å². The summed E-state index contributed by atoms with van der Waals surface area (Å²) in [6, 6.07) is 2.95. The summed E-state index contributed by atoms with van der Waals surface area (Å²) < 4.78 is 65.8. The maximum atomic E-state index is 13.3. The number of carbonyl (C=O) groups excluding carboxylic acids is 1. The van der Waals surface area contributed by atoms with E-state index in [2.05, 4.69) is 30.0 Å². The Morgan fingerprint density at radius 3 is 2.39 bits per heavy atom. The van der Waals surface area contributed by atoms with Crippen LogP contribution in [0.1, 0.15) is 50.9 Å². The molecule has 14 heteroatoms. The number of aromatic nitrogens is 4. The fourth-order valence-electron chi connectivity index (χ4n) is 3.67. The second-order valence-electron chi connectivity index (χ2n) is 8.35. The lowest BCUT2D eigenvalue weighted by Gasteiger charge is -2.28. The molecular weight excluding hydrogens is 517 g/mol. The van der Waals surface area contributed by atoms with Gasteiger partial charge in [0.25, 0.3) is 0 Å². The van der Waals surface area contributed by atoms with E-state index in [1.165, 1.54) is 24.5 Å². The largest absolute Gasteiger partial charge is 0.434 e. The number of thiazole rings is 1. The quantitative estimate of drug-likeness (QED) is 0.406. The van der Waals surface area contributed by atoms with Gasteiger partial charge in [-0.2, -0.15) is 13.2 Å². The first kappa shape index (κ1) is 25.9. The third-order valence-corrected chi connectivity index (χ3v) is 8.77. The van der Waals surface area contributed by atoms with Gasteiger partial charge in [-0.1, -0.05) is 13.8 Å². The van der Waals surface area contributed by atoms with E-state index in [1.54, 1.807) is 5.38 Å². The summed E-state index contributed by atoms with van der Waals surface area (Å²) >= 11 is 1.12. The maximum Gasteiger partial charge on any atom is 0.434 e. The first-order valence-electron chi connectivity index (χ1n) is 11.1. The van der Waals surface area contributed by atoms with E-state index in [-0.39, 0.29) is 22.6 Å². The number of nitrogens with one attached hydrogen (secondary N) is 2. The van der Waals surface area contributed by atoms with E-state index in [1.807, 2.05) is 13.8 Å². The van der Waals surface area contributed by atoms with Crippen molar-refractivity contribution in [3.05, 3.63) is 47.5 Å². The number of alkyl halides is 3. The van der Waals surface area contributed by atoms with E-state index in [0.29, 0.717) is 43.1 Å². The van der Waals surface area contributed by atoms with Crippen LogP contribution in [0.25, 0.3) is 11.3 Å². The average Bonchev–Trinajstić information content (AvgIpc) is 3.62. The highest BCUT2D eigenvalue weighted by Crippen LogP contribution is 2.37. The van der Waals surface area contributed by atoms with Gasteiger partial charge in [0.2, 0.25) is 15.9 Å². The van der Waals surface area contributed by atoms with Crippen LogP contribution in [0.4, 0.5) is 24.1 Å². The normalized spacial score (nSPS) is 14.5. The van der Waals surface area contributed by atoms with Crippen LogP contribution in [0.2, 0.25) is 0 Å². The van der Waals surface area contributed by atoms with Gasteiger partial charge in [0, 0.05) is 17.1 Å². The first-order valence-corrected chi connectivity index (χ1v) is 13.6. The van der Waals surface area contributed by atoms with Gasteiger partial charge in [0.15, 0.2) is 10.8 Å². The van der Waals surface area contributed by atoms with Gasteiger partial charge >= 0.3 is 6.18 Å². The number of rotatable bonds is 9. The van der Waals surface area contributed by atoms with Crippen LogP contribution in [0.15, 0.2) is 36.1 Å². The molecule has 2 N–H and O–H groups in total. The number of sulfonamides is 1. The molecule has 0 spiro atoms. The zero-order chi connectivity index (χ0) is 26.1. The Balaban J connectivity index is 1.52. The second kappa shape index (κ2) is 9.73. The third-order valence-electron chi connectivity index (χ3n) is 6.05. The van der Waals surface area contributed by atoms with Crippen molar-refractivity contribution >= 4 is 38.2 Å². The molecular formula is C22H23F3N6O3S2. The molecule has 0 saturated heterocycles. The van der Waals surface area contributed by atoms with Crippen molar-refractivity contribution in [3.63, 3.8) is 0 Å². The monoisotopic (exact) mass is 540 g/mol. The molecule has 3 aromatic heterocycles. The molecule has 192 valence electrons. The summed E-state index contributed by atoms with van der Waals surface area (Å²) in [6.45, 7) is 3.67. The topological polar surface area (TPSA) is 127 Å². The number of hydrogen-bond acceptors (Lipinski definition) is 8. The number of halogens is 3. The molecule has 0 unspecified atom stereocenters. The molecule has 0 bridgehead atoms. The molecule has 0 atom stereocenters. The van der Waals surface area contributed by atoms with Gasteiger partial charge in [-0.05, 0) is 37.8 Å². The van der Waals surface area contributed by atoms with Crippen molar-refractivity contribution in [2.75, 3.05) is 10.0 Å².